The molecule has 0 radical (unpaired) electrons. The quantitative estimate of drug-likeness (QED) is 0.295. The number of hydrogen-bond donors (Lipinski definition) is 2. The largest absolute Gasteiger partial charge is 0.331 e. The fourth-order valence-corrected chi connectivity index (χ4v) is 4.12. The summed E-state index contributed by atoms with van der Waals surface area (Å²) in [4.78, 5) is 21.5. The minimum Gasteiger partial charge on any atom is -0.331 e. The minimum absolute atomic E-state index is 0.144. The lowest BCUT2D eigenvalue weighted by Crippen LogP contribution is -2.12. The van der Waals surface area contributed by atoms with E-state index in [-0.39, 0.29) is 5.91 Å². The van der Waals surface area contributed by atoms with Gasteiger partial charge in [-0.3, -0.25) is 9.78 Å². The van der Waals surface area contributed by atoms with Crippen molar-refractivity contribution in [3.8, 4) is 11.3 Å². The van der Waals surface area contributed by atoms with E-state index < -0.39 is 0 Å². The first-order chi connectivity index (χ1) is 14.5. The first kappa shape index (κ1) is 20.5. The highest BCUT2D eigenvalue weighted by Crippen LogP contribution is 2.29. The molecular weight excluding hydrogens is 507 g/mol. The summed E-state index contributed by atoms with van der Waals surface area (Å²) in [6.07, 6.45) is 3.51. The number of thiazole rings is 1. The molecule has 2 aromatic carbocycles. The van der Waals surface area contributed by atoms with Gasteiger partial charge in [0.2, 0.25) is 0 Å². The maximum Gasteiger partial charge on any atom is 0.255 e. The fourth-order valence-electron chi connectivity index (χ4n) is 2.87. The van der Waals surface area contributed by atoms with Crippen LogP contribution in [-0.2, 0) is 0 Å². The number of carbonyl (C=O) groups is 1. The molecule has 0 bridgehead atoms. The Morgan fingerprint density at radius 3 is 2.53 bits per heavy atom. The monoisotopic (exact) mass is 526 g/mol. The number of carbonyl (C=O) groups excluding carboxylic acids is 1. The molecule has 0 fully saturated rings. The number of aryl methyl sites for hydroxylation is 2. The molecule has 5 nitrogen and oxygen atoms in total. The molecule has 0 atom stereocenters. The van der Waals surface area contributed by atoms with Crippen LogP contribution in [0, 0.1) is 17.4 Å². The lowest BCUT2D eigenvalue weighted by atomic mass is 10.1. The number of rotatable bonds is 5. The summed E-state index contributed by atoms with van der Waals surface area (Å²) in [5.41, 5.74) is 6.37. The number of amides is 1. The van der Waals surface area contributed by atoms with Gasteiger partial charge in [0.05, 0.1) is 5.69 Å². The number of pyridine rings is 1. The van der Waals surface area contributed by atoms with Gasteiger partial charge in [-0.05, 0) is 84.0 Å². The average Bonchev–Trinajstić information content (AvgIpc) is 3.21. The maximum atomic E-state index is 12.8. The van der Waals surface area contributed by atoms with Crippen LogP contribution in [0.15, 0.2) is 66.3 Å². The molecule has 7 heteroatoms. The molecule has 0 aliphatic heterocycles. The van der Waals surface area contributed by atoms with E-state index in [0.29, 0.717) is 5.56 Å². The second kappa shape index (κ2) is 8.93. The van der Waals surface area contributed by atoms with Crippen molar-refractivity contribution < 1.29 is 4.79 Å². The summed E-state index contributed by atoms with van der Waals surface area (Å²) in [5.74, 6) is -0.144. The van der Waals surface area contributed by atoms with Crippen molar-refractivity contribution in [2.24, 2.45) is 0 Å². The van der Waals surface area contributed by atoms with E-state index in [0.717, 1.165) is 36.9 Å². The van der Waals surface area contributed by atoms with Crippen molar-refractivity contribution in [1.29, 1.82) is 0 Å². The molecule has 1 amide bonds. The van der Waals surface area contributed by atoms with Crippen molar-refractivity contribution in [3.05, 3.63) is 86.6 Å². The second-order valence-electron chi connectivity index (χ2n) is 6.85. The normalized spacial score (nSPS) is 10.6. The van der Waals surface area contributed by atoms with Gasteiger partial charge in [-0.15, -0.1) is 11.3 Å². The molecule has 30 heavy (non-hydrogen) atoms. The van der Waals surface area contributed by atoms with Crippen LogP contribution >= 0.6 is 33.9 Å². The molecule has 0 aliphatic carbocycles. The van der Waals surface area contributed by atoms with Crippen molar-refractivity contribution in [2.75, 3.05) is 10.6 Å². The molecule has 2 heterocycles. The van der Waals surface area contributed by atoms with Crippen LogP contribution in [0.25, 0.3) is 11.3 Å². The van der Waals surface area contributed by atoms with E-state index in [9.17, 15) is 4.79 Å². The third-order valence-electron chi connectivity index (χ3n) is 4.65. The maximum absolute atomic E-state index is 12.8. The Morgan fingerprint density at radius 1 is 1.00 bits per heavy atom. The summed E-state index contributed by atoms with van der Waals surface area (Å²) in [5, 5.41) is 9.10. The zero-order chi connectivity index (χ0) is 21.1. The van der Waals surface area contributed by atoms with Gasteiger partial charge in [-0.1, -0.05) is 12.1 Å². The van der Waals surface area contributed by atoms with E-state index in [4.69, 9.17) is 0 Å². The number of aromatic nitrogens is 2. The van der Waals surface area contributed by atoms with E-state index in [1.54, 1.807) is 12.4 Å². The summed E-state index contributed by atoms with van der Waals surface area (Å²) >= 11 is 3.79. The van der Waals surface area contributed by atoms with Crippen LogP contribution in [0.2, 0.25) is 0 Å². The molecule has 2 aromatic heterocycles. The standard InChI is InChI=1S/C23H19IN4OS/c1-14-4-6-18(12-19(14)24)26-22(29)17-5-3-15(2)20(11-17)27-23-28-21(13-30-23)16-7-9-25-10-8-16/h3-13H,1-2H3,(H,26,29)(H,27,28). The Bertz CT molecular complexity index is 1210. The molecule has 2 N–H and O–H groups in total. The Labute approximate surface area is 192 Å². The minimum atomic E-state index is -0.144. The molecular formula is C23H19IN4OS. The van der Waals surface area contributed by atoms with Crippen LogP contribution in [0.5, 0.6) is 0 Å². The van der Waals surface area contributed by atoms with Gasteiger partial charge in [0.15, 0.2) is 5.13 Å². The van der Waals surface area contributed by atoms with Crippen LogP contribution in [0.3, 0.4) is 0 Å². The van der Waals surface area contributed by atoms with Gasteiger partial charge in [0.1, 0.15) is 0 Å². The van der Waals surface area contributed by atoms with Crippen molar-refractivity contribution >= 4 is 56.3 Å². The lowest BCUT2D eigenvalue weighted by Gasteiger charge is -2.11. The molecule has 4 rings (SSSR count). The molecule has 4 aromatic rings. The van der Waals surface area contributed by atoms with E-state index in [1.165, 1.54) is 16.9 Å². The molecule has 0 spiro atoms. The molecule has 0 saturated carbocycles. The predicted molar refractivity (Wildman–Crippen MR) is 132 cm³/mol. The number of halogens is 1. The molecule has 0 saturated heterocycles. The van der Waals surface area contributed by atoms with Gasteiger partial charge < -0.3 is 10.6 Å². The topological polar surface area (TPSA) is 66.9 Å². The SMILES string of the molecule is Cc1ccc(NC(=O)c2ccc(C)c(Nc3nc(-c4ccncc4)cs3)c2)cc1I. The van der Waals surface area contributed by atoms with E-state index in [2.05, 4.69) is 43.2 Å². The highest BCUT2D eigenvalue weighted by molar-refractivity contribution is 14.1. The zero-order valence-electron chi connectivity index (χ0n) is 16.4. The second-order valence-corrected chi connectivity index (χ2v) is 8.87. The zero-order valence-corrected chi connectivity index (χ0v) is 19.4. The van der Waals surface area contributed by atoms with Crippen LogP contribution < -0.4 is 10.6 Å². The number of benzene rings is 2. The molecule has 150 valence electrons. The third kappa shape index (κ3) is 4.68. The number of anilines is 3. The third-order valence-corrected chi connectivity index (χ3v) is 6.57. The van der Waals surface area contributed by atoms with E-state index >= 15 is 0 Å². The molecule has 0 unspecified atom stereocenters. The highest BCUT2D eigenvalue weighted by Gasteiger charge is 2.11. The summed E-state index contributed by atoms with van der Waals surface area (Å²) in [7, 11) is 0. The Morgan fingerprint density at radius 2 is 1.77 bits per heavy atom. The van der Waals surface area contributed by atoms with Gasteiger partial charge in [0.25, 0.3) is 5.91 Å². The van der Waals surface area contributed by atoms with Crippen LogP contribution in [-0.4, -0.2) is 15.9 Å². The van der Waals surface area contributed by atoms with E-state index in [1.807, 2.05) is 67.8 Å². The van der Waals surface area contributed by atoms with Gasteiger partial charge in [-0.25, -0.2) is 4.98 Å². The smallest absolute Gasteiger partial charge is 0.255 e. The summed E-state index contributed by atoms with van der Waals surface area (Å²) in [6.45, 7) is 4.05. The predicted octanol–water partition coefficient (Wildman–Crippen LogP) is 6.42. The number of hydrogen-bond acceptors (Lipinski definition) is 5. The Balaban J connectivity index is 1.52. The number of nitrogens with one attached hydrogen (secondary N) is 2. The van der Waals surface area contributed by atoms with Crippen LogP contribution in [0.4, 0.5) is 16.5 Å². The Kier molecular flexibility index (Phi) is 6.10. The van der Waals surface area contributed by atoms with Crippen molar-refractivity contribution in [3.63, 3.8) is 0 Å². The van der Waals surface area contributed by atoms with Gasteiger partial charge in [-0.2, -0.15) is 0 Å². The first-order valence-electron chi connectivity index (χ1n) is 9.31. The molecule has 0 aliphatic rings. The van der Waals surface area contributed by atoms with Gasteiger partial charge >= 0.3 is 0 Å². The summed E-state index contributed by atoms with van der Waals surface area (Å²) < 4.78 is 1.12. The Hall–Kier alpha value is -2.78. The van der Waals surface area contributed by atoms with Crippen molar-refractivity contribution in [2.45, 2.75) is 13.8 Å². The summed E-state index contributed by atoms with van der Waals surface area (Å²) in [6, 6.07) is 15.4. The first-order valence-corrected chi connectivity index (χ1v) is 11.3. The lowest BCUT2D eigenvalue weighted by molar-refractivity contribution is 0.102. The van der Waals surface area contributed by atoms with Gasteiger partial charge in [0, 0.05) is 43.8 Å². The van der Waals surface area contributed by atoms with Crippen molar-refractivity contribution in [1.82, 2.24) is 9.97 Å². The highest BCUT2D eigenvalue weighted by atomic mass is 127. The number of nitrogens with zero attached hydrogens (tertiary/aromatic N) is 2. The van der Waals surface area contributed by atoms with Crippen LogP contribution in [0.1, 0.15) is 21.5 Å². The fraction of sp³-hybridized carbons (Fsp3) is 0.0870. The average molecular weight is 526 g/mol.